The highest BCUT2D eigenvalue weighted by molar-refractivity contribution is 6.21. The third kappa shape index (κ3) is 4.71. The number of aromatic amines is 1. The molecule has 0 atom stereocenters. The van der Waals surface area contributed by atoms with Gasteiger partial charge in [0.15, 0.2) is 5.84 Å². The zero-order chi connectivity index (χ0) is 22.5. The van der Waals surface area contributed by atoms with Crippen molar-refractivity contribution < 1.29 is 14.4 Å². The molecule has 2 aromatic rings. The fraction of sp³-hybridized carbons (Fsp3) is 0.318. The quantitative estimate of drug-likeness (QED) is 0.296. The van der Waals surface area contributed by atoms with Crippen LogP contribution in [0.25, 0.3) is 0 Å². The Kier molecular flexibility index (Phi) is 6.64. The second kappa shape index (κ2) is 9.38. The maximum Gasteiger partial charge on any atom is 0.253 e. The maximum absolute atomic E-state index is 12.5. The van der Waals surface area contributed by atoms with Crippen LogP contribution in [0.15, 0.2) is 29.4 Å². The summed E-state index contributed by atoms with van der Waals surface area (Å²) >= 11 is 0. The average molecular weight is 422 g/mol. The predicted octanol–water partition coefficient (Wildman–Crippen LogP) is 2.29. The van der Waals surface area contributed by atoms with Crippen LogP contribution in [0.4, 0.5) is 5.69 Å². The highest BCUT2D eigenvalue weighted by Crippen LogP contribution is 2.25. The van der Waals surface area contributed by atoms with Crippen LogP contribution in [-0.4, -0.2) is 48.0 Å². The molecule has 1 heterocycles. The fourth-order valence-electron chi connectivity index (χ4n) is 3.26. The molecule has 0 bridgehead atoms. The van der Waals surface area contributed by atoms with Crippen LogP contribution in [0.3, 0.4) is 0 Å². The van der Waals surface area contributed by atoms with Gasteiger partial charge in [0, 0.05) is 24.3 Å². The van der Waals surface area contributed by atoms with Crippen molar-refractivity contribution in [2.24, 2.45) is 4.99 Å². The van der Waals surface area contributed by atoms with E-state index in [2.05, 4.69) is 20.6 Å². The van der Waals surface area contributed by atoms with Crippen molar-refractivity contribution in [2.75, 3.05) is 11.4 Å². The number of amidine groups is 1. The molecule has 1 aromatic heterocycles. The Hall–Kier alpha value is -3.75. The van der Waals surface area contributed by atoms with Crippen LogP contribution in [-0.2, 0) is 4.79 Å². The van der Waals surface area contributed by atoms with E-state index in [4.69, 9.17) is 5.41 Å². The topological polar surface area (TPSA) is 131 Å². The number of aliphatic imine (C=N–C) groups is 1. The minimum Gasteiger partial charge on any atom is -0.358 e. The Morgan fingerprint density at radius 1 is 1.29 bits per heavy atom. The molecule has 3 rings (SSSR count). The van der Waals surface area contributed by atoms with Gasteiger partial charge < -0.3 is 15.6 Å². The highest BCUT2D eigenvalue weighted by atomic mass is 16.2. The van der Waals surface area contributed by atoms with Gasteiger partial charge >= 0.3 is 0 Å². The van der Waals surface area contributed by atoms with Crippen molar-refractivity contribution in [1.82, 2.24) is 15.6 Å². The zero-order valence-electron chi connectivity index (χ0n) is 17.8. The van der Waals surface area contributed by atoms with Crippen molar-refractivity contribution in [1.29, 1.82) is 5.41 Å². The number of rotatable bonds is 8. The third-order valence-corrected chi connectivity index (χ3v) is 5.11. The molecular formula is C22H26N6O3. The normalized spacial score (nSPS) is 13.5. The number of nitrogens with zero attached hydrogens (tertiary/aromatic N) is 2. The summed E-state index contributed by atoms with van der Waals surface area (Å²) in [6.45, 7) is 5.87. The molecule has 3 amide bonds. The van der Waals surface area contributed by atoms with Crippen LogP contribution >= 0.6 is 0 Å². The molecule has 4 N–H and O–H groups in total. The summed E-state index contributed by atoms with van der Waals surface area (Å²) in [5, 5.41) is 13.2. The van der Waals surface area contributed by atoms with Crippen molar-refractivity contribution >= 4 is 36.1 Å². The number of carbonyl (C=O) groups excluding carboxylic acids is 3. The first-order chi connectivity index (χ1) is 14.9. The maximum atomic E-state index is 12.5. The van der Waals surface area contributed by atoms with Gasteiger partial charge in [0.25, 0.3) is 11.8 Å². The molecule has 1 aliphatic rings. The molecule has 162 valence electrons. The Morgan fingerprint density at radius 2 is 2.03 bits per heavy atom. The smallest absolute Gasteiger partial charge is 0.253 e. The number of H-pyrrole nitrogens is 1. The first-order valence-corrected chi connectivity index (χ1v) is 10.1. The van der Waals surface area contributed by atoms with Crippen LogP contribution in [0.2, 0.25) is 0 Å². The van der Waals surface area contributed by atoms with Crippen LogP contribution in [0, 0.1) is 19.3 Å². The largest absolute Gasteiger partial charge is 0.358 e. The fourth-order valence-corrected chi connectivity index (χ4v) is 3.26. The second-order valence-corrected chi connectivity index (χ2v) is 7.37. The van der Waals surface area contributed by atoms with E-state index in [-0.39, 0.29) is 23.7 Å². The number of aromatic nitrogens is 1. The van der Waals surface area contributed by atoms with Gasteiger partial charge in [-0.3, -0.25) is 24.7 Å². The number of hydrogen-bond acceptors (Lipinski definition) is 4. The molecule has 0 aliphatic heterocycles. The molecule has 0 unspecified atom stereocenters. The van der Waals surface area contributed by atoms with E-state index in [0.717, 1.165) is 24.7 Å². The number of benzene rings is 1. The molecule has 1 fully saturated rings. The van der Waals surface area contributed by atoms with E-state index in [1.165, 1.54) is 4.90 Å². The van der Waals surface area contributed by atoms with Crippen LogP contribution < -0.4 is 15.5 Å². The van der Waals surface area contributed by atoms with Gasteiger partial charge in [0.1, 0.15) is 6.34 Å². The predicted molar refractivity (Wildman–Crippen MR) is 119 cm³/mol. The van der Waals surface area contributed by atoms with Gasteiger partial charge in [-0.25, -0.2) is 4.99 Å². The van der Waals surface area contributed by atoms with E-state index in [1.54, 1.807) is 31.3 Å². The summed E-state index contributed by atoms with van der Waals surface area (Å²) in [6, 6.07) is 5.24. The SMILES string of the molecule is CCNC(=O)c1ccc(C)c(N(C=O)C(=NC=N)c2[nH]cc(C(=O)NC3CC3)c2C)c1. The molecule has 0 radical (unpaired) electrons. The first-order valence-electron chi connectivity index (χ1n) is 10.1. The lowest BCUT2D eigenvalue weighted by Gasteiger charge is -2.22. The average Bonchev–Trinajstić information content (AvgIpc) is 3.48. The molecule has 31 heavy (non-hydrogen) atoms. The van der Waals surface area contributed by atoms with Crippen molar-refractivity contribution in [3.05, 3.63) is 52.3 Å². The summed E-state index contributed by atoms with van der Waals surface area (Å²) in [5.41, 5.74) is 3.11. The summed E-state index contributed by atoms with van der Waals surface area (Å²) < 4.78 is 0. The summed E-state index contributed by atoms with van der Waals surface area (Å²) in [5.74, 6) is -0.289. The van der Waals surface area contributed by atoms with Gasteiger partial charge in [-0.1, -0.05) is 6.07 Å². The Labute approximate surface area is 180 Å². The van der Waals surface area contributed by atoms with Gasteiger partial charge in [0.05, 0.1) is 16.9 Å². The van der Waals surface area contributed by atoms with Crippen molar-refractivity contribution in [2.45, 2.75) is 39.7 Å². The molecule has 0 spiro atoms. The molecule has 1 aromatic carbocycles. The number of hydrogen-bond donors (Lipinski definition) is 4. The zero-order valence-corrected chi connectivity index (χ0v) is 17.8. The molecule has 1 saturated carbocycles. The Balaban J connectivity index is 2.02. The number of aryl methyl sites for hydroxylation is 1. The van der Waals surface area contributed by atoms with Crippen molar-refractivity contribution in [3.8, 4) is 0 Å². The van der Waals surface area contributed by atoms with Gasteiger partial charge in [-0.05, 0) is 56.9 Å². The standard InChI is InChI=1S/C22H26N6O3/c1-4-24-21(30)15-6-5-13(2)18(9-15)28(12-29)20(26-11-23)19-14(3)17(10-25-19)22(31)27-16-7-8-16/h5-6,9-12,16,23,25H,4,7-8H2,1-3H3,(H,24,30)(H,27,31). The molecule has 0 saturated heterocycles. The Morgan fingerprint density at radius 3 is 2.65 bits per heavy atom. The van der Waals surface area contributed by atoms with E-state index in [9.17, 15) is 14.4 Å². The summed E-state index contributed by atoms with van der Waals surface area (Å²) in [4.78, 5) is 45.3. The van der Waals surface area contributed by atoms with E-state index in [1.807, 2.05) is 13.8 Å². The first kappa shape index (κ1) is 21.9. The van der Waals surface area contributed by atoms with Crippen LogP contribution in [0.5, 0.6) is 0 Å². The summed E-state index contributed by atoms with van der Waals surface area (Å²) in [6.07, 6.45) is 4.93. The number of carbonyl (C=O) groups is 3. The van der Waals surface area contributed by atoms with Gasteiger partial charge in [0.2, 0.25) is 6.41 Å². The minimum atomic E-state index is -0.254. The minimum absolute atomic E-state index is 0.157. The van der Waals surface area contributed by atoms with E-state index >= 15 is 0 Å². The molecule has 9 nitrogen and oxygen atoms in total. The lowest BCUT2D eigenvalue weighted by atomic mass is 10.1. The highest BCUT2D eigenvalue weighted by Gasteiger charge is 2.27. The van der Waals surface area contributed by atoms with Crippen molar-refractivity contribution in [3.63, 3.8) is 0 Å². The lowest BCUT2D eigenvalue weighted by molar-refractivity contribution is -0.106. The second-order valence-electron chi connectivity index (χ2n) is 7.37. The van der Waals surface area contributed by atoms with Gasteiger partial charge in [-0.15, -0.1) is 0 Å². The number of nitrogens with one attached hydrogen (secondary N) is 4. The molecule has 1 aliphatic carbocycles. The lowest BCUT2D eigenvalue weighted by Crippen LogP contribution is -2.33. The number of amides is 3. The third-order valence-electron chi connectivity index (χ3n) is 5.11. The van der Waals surface area contributed by atoms with Crippen LogP contribution in [0.1, 0.15) is 57.3 Å². The molecular weight excluding hydrogens is 396 g/mol. The Bertz CT molecular complexity index is 1050. The van der Waals surface area contributed by atoms with E-state index in [0.29, 0.717) is 41.0 Å². The molecule has 9 heteroatoms. The van der Waals surface area contributed by atoms with Gasteiger partial charge in [-0.2, -0.15) is 0 Å². The number of anilines is 1. The van der Waals surface area contributed by atoms with E-state index < -0.39 is 0 Å². The monoisotopic (exact) mass is 422 g/mol. The summed E-state index contributed by atoms with van der Waals surface area (Å²) in [7, 11) is 0.